The van der Waals surface area contributed by atoms with Gasteiger partial charge in [-0.2, -0.15) is 0 Å². The Balaban J connectivity index is 2.52. The summed E-state index contributed by atoms with van der Waals surface area (Å²) in [7, 11) is -1.80. The first-order valence-corrected chi connectivity index (χ1v) is 11.7. The Morgan fingerprint density at radius 2 is 1.85 bits per heavy atom. The monoisotopic (exact) mass is 375 g/mol. The molecule has 0 radical (unpaired) electrons. The lowest BCUT2D eigenvalue weighted by molar-refractivity contribution is -0.142. The second kappa shape index (κ2) is 9.55. The molecule has 6 heteroatoms. The molecule has 0 aliphatic carbocycles. The molecule has 142 valence electrons. The summed E-state index contributed by atoms with van der Waals surface area (Å²) in [6, 6.07) is 8.45. The quantitative estimate of drug-likeness (QED) is 0.567. The second-order valence-corrected chi connectivity index (χ2v) is 12.8. The van der Waals surface area contributed by atoms with Crippen LogP contribution in [0, 0.1) is 11.5 Å². The fourth-order valence-electron chi connectivity index (χ4n) is 1.83. The summed E-state index contributed by atoms with van der Waals surface area (Å²) in [4.78, 5) is 23.3. The third-order valence-electron chi connectivity index (χ3n) is 4.56. The summed E-state index contributed by atoms with van der Waals surface area (Å²) in [5.41, 5.74) is 4.22. The molecule has 0 spiro atoms. The van der Waals surface area contributed by atoms with Crippen molar-refractivity contribution in [1.29, 1.82) is 0 Å². The Kier molecular flexibility index (Phi) is 8.06. The first-order valence-electron chi connectivity index (χ1n) is 8.67. The lowest BCUT2D eigenvalue weighted by atomic mass is 10.2. The van der Waals surface area contributed by atoms with Crippen LogP contribution in [0.1, 0.15) is 32.8 Å². The topological polar surface area (TPSA) is 75.6 Å². The predicted octanol–water partition coefficient (Wildman–Crippen LogP) is 3.21. The number of rotatable bonds is 7. The van der Waals surface area contributed by atoms with E-state index >= 15 is 0 Å². The fourth-order valence-corrected chi connectivity index (χ4v) is 2.75. The van der Waals surface area contributed by atoms with Crippen molar-refractivity contribution in [2.75, 3.05) is 6.61 Å². The van der Waals surface area contributed by atoms with Crippen LogP contribution in [-0.4, -0.2) is 37.7 Å². The van der Waals surface area contributed by atoms with E-state index in [9.17, 15) is 14.7 Å². The summed E-state index contributed by atoms with van der Waals surface area (Å²) in [6.07, 6.45) is 0.0896. The molecule has 0 saturated carbocycles. The molecule has 26 heavy (non-hydrogen) atoms. The van der Waals surface area contributed by atoms with Gasteiger partial charge < -0.3 is 15.2 Å². The number of nitrogens with one attached hydrogen (secondary N) is 1. The lowest BCUT2D eigenvalue weighted by Gasteiger charge is -2.31. The molecule has 0 fully saturated rings. The van der Waals surface area contributed by atoms with Crippen LogP contribution in [0.15, 0.2) is 30.3 Å². The van der Waals surface area contributed by atoms with E-state index in [1.165, 1.54) is 0 Å². The van der Waals surface area contributed by atoms with Gasteiger partial charge >= 0.3 is 5.97 Å². The number of hydrogen-bond acceptors (Lipinski definition) is 3. The molecular weight excluding hydrogens is 346 g/mol. The van der Waals surface area contributed by atoms with Gasteiger partial charge in [-0.05, 0) is 10.6 Å². The van der Waals surface area contributed by atoms with E-state index in [4.69, 9.17) is 4.74 Å². The van der Waals surface area contributed by atoms with E-state index in [2.05, 4.69) is 50.6 Å². The first-order chi connectivity index (χ1) is 12.0. The highest BCUT2D eigenvalue weighted by Gasteiger charge is 2.33. The highest BCUT2D eigenvalue weighted by atomic mass is 28.3. The number of carbonyl (C=O) groups is 2. The molecule has 1 aromatic carbocycles. The molecule has 0 heterocycles. The third kappa shape index (κ3) is 7.42. The van der Waals surface area contributed by atoms with Gasteiger partial charge in [0.05, 0.1) is 6.61 Å². The minimum atomic E-state index is -1.80. The first kappa shape index (κ1) is 21.9. The molecule has 0 unspecified atom stereocenters. The van der Waals surface area contributed by atoms with Crippen LogP contribution < -0.4 is 5.32 Å². The number of amides is 1. The minimum Gasteiger partial charge on any atom is -0.480 e. The van der Waals surface area contributed by atoms with Crippen LogP contribution in [0.25, 0.3) is 0 Å². The number of ether oxygens (including phenoxy) is 1. The van der Waals surface area contributed by atoms with Crippen molar-refractivity contribution in [3.63, 3.8) is 0 Å². The molecule has 1 amide bonds. The van der Waals surface area contributed by atoms with Crippen LogP contribution >= 0.6 is 0 Å². The van der Waals surface area contributed by atoms with Crippen molar-refractivity contribution < 1.29 is 19.4 Å². The molecule has 0 saturated heterocycles. The summed E-state index contributed by atoms with van der Waals surface area (Å²) in [6.45, 7) is 10.9. The highest BCUT2D eigenvalue weighted by Crippen LogP contribution is 2.35. The van der Waals surface area contributed by atoms with Crippen LogP contribution in [-0.2, 0) is 20.9 Å². The van der Waals surface area contributed by atoms with Gasteiger partial charge in [-0.3, -0.25) is 4.79 Å². The molecule has 0 bridgehead atoms. The molecule has 1 atom stereocenters. The van der Waals surface area contributed by atoms with E-state index in [0.717, 1.165) is 5.56 Å². The molecule has 0 aliphatic heterocycles. The van der Waals surface area contributed by atoms with Gasteiger partial charge in [0.2, 0.25) is 5.91 Å². The maximum atomic E-state index is 11.9. The third-order valence-corrected chi connectivity index (χ3v) is 9.11. The molecule has 0 aliphatic rings. The summed E-state index contributed by atoms with van der Waals surface area (Å²) in [5.74, 6) is 1.43. The van der Waals surface area contributed by atoms with Gasteiger partial charge in [0, 0.05) is 6.42 Å². The van der Waals surface area contributed by atoms with Gasteiger partial charge in [0.1, 0.15) is 20.7 Å². The lowest BCUT2D eigenvalue weighted by Crippen LogP contribution is -2.42. The van der Waals surface area contributed by atoms with Crippen molar-refractivity contribution in [3.05, 3.63) is 35.9 Å². The van der Waals surface area contributed by atoms with Crippen molar-refractivity contribution in [2.24, 2.45) is 0 Å². The zero-order valence-corrected chi connectivity index (χ0v) is 17.3. The van der Waals surface area contributed by atoms with Gasteiger partial charge in [-0.25, -0.2) is 4.79 Å². The Morgan fingerprint density at radius 3 is 2.38 bits per heavy atom. The van der Waals surface area contributed by atoms with E-state index in [-0.39, 0.29) is 18.1 Å². The fraction of sp³-hybridized carbons (Fsp3) is 0.500. The smallest absolute Gasteiger partial charge is 0.327 e. The average Bonchev–Trinajstić information content (AvgIpc) is 2.53. The molecule has 2 N–H and O–H groups in total. The minimum absolute atomic E-state index is 0.0896. The van der Waals surface area contributed by atoms with Crippen LogP contribution in [0.2, 0.25) is 18.1 Å². The van der Waals surface area contributed by atoms with Crippen molar-refractivity contribution >= 4 is 20.0 Å². The Hall–Kier alpha value is -2.10. The van der Waals surface area contributed by atoms with Gasteiger partial charge in [0.25, 0.3) is 0 Å². The standard InChI is InChI=1S/C20H29NO4Si/c1-20(2,3)26(4,5)13-9-12-17(19(23)24)21-18(22)15-25-14-16-10-7-6-8-11-16/h6-8,10-11,17H,12,14-15H2,1-5H3,(H,21,22)(H,23,24)/t17-/m1/s1. The number of carbonyl (C=O) groups excluding carboxylic acids is 1. The van der Waals surface area contributed by atoms with Gasteiger partial charge in [-0.1, -0.05) is 64.2 Å². The van der Waals surface area contributed by atoms with Crippen molar-refractivity contribution in [3.8, 4) is 11.5 Å². The predicted molar refractivity (Wildman–Crippen MR) is 105 cm³/mol. The summed E-state index contributed by atoms with van der Waals surface area (Å²) >= 11 is 0. The summed E-state index contributed by atoms with van der Waals surface area (Å²) in [5, 5.41) is 11.9. The molecular formula is C20H29NO4Si. The molecule has 1 aromatic rings. The van der Waals surface area contributed by atoms with E-state index in [1.54, 1.807) is 0 Å². The molecule has 1 rings (SSSR count). The average molecular weight is 376 g/mol. The summed E-state index contributed by atoms with van der Waals surface area (Å²) < 4.78 is 5.33. The van der Waals surface area contributed by atoms with Crippen LogP contribution in [0.3, 0.4) is 0 Å². The maximum Gasteiger partial charge on any atom is 0.327 e. The highest BCUT2D eigenvalue weighted by molar-refractivity contribution is 6.87. The van der Waals surface area contributed by atoms with E-state index in [1.807, 2.05) is 30.3 Å². The number of carboxylic acids is 1. The Morgan fingerprint density at radius 1 is 1.23 bits per heavy atom. The van der Waals surface area contributed by atoms with Gasteiger partial charge in [-0.15, -0.1) is 11.5 Å². The zero-order chi connectivity index (χ0) is 19.8. The number of aliphatic carboxylic acids is 1. The van der Waals surface area contributed by atoms with E-state index in [0.29, 0.717) is 6.61 Å². The molecule has 5 nitrogen and oxygen atoms in total. The molecule has 0 aromatic heterocycles. The Bertz CT molecular complexity index is 669. The van der Waals surface area contributed by atoms with Crippen LogP contribution in [0.5, 0.6) is 0 Å². The Labute approximate surface area is 157 Å². The normalized spacial score (nSPS) is 12.7. The van der Waals surface area contributed by atoms with E-state index < -0.39 is 26.0 Å². The maximum absolute atomic E-state index is 11.9. The largest absolute Gasteiger partial charge is 0.480 e. The SMILES string of the molecule is CC(C)(C)[Si](C)(C)C#CC[C@@H](NC(=O)COCc1ccccc1)C(=O)O. The van der Waals surface area contributed by atoms with Crippen molar-refractivity contribution in [1.82, 2.24) is 5.32 Å². The zero-order valence-electron chi connectivity index (χ0n) is 16.3. The number of hydrogen-bond donors (Lipinski definition) is 2. The second-order valence-electron chi connectivity index (χ2n) is 7.82. The van der Waals surface area contributed by atoms with Gasteiger partial charge in [0.15, 0.2) is 0 Å². The van der Waals surface area contributed by atoms with Crippen LogP contribution in [0.4, 0.5) is 0 Å². The number of carboxylic acid groups (broad SMARTS) is 1. The number of benzene rings is 1. The van der Waals surface area contributed by atoms with Crippen molar-refractivity contribution in [2.45, 2.75) is 58.0 Å².